The molecule has 0 radical (unpaired) electrons. The number of ether oxygens (including phenoxy) is 1. The summed E-state index contributed by atoms with van der Waals surface area (Å²) in [5, 5.41) is 20.5. The van der Waals surface area contributed by atoms with Gasteiger partial charge in [0.15, 0.2) is 5.78 Å². The van der Waals surface area contributed by atoms with E-state index >= 15 is 0 Å². The van der Waals surface area contributed by atoms with Gasteiger partial charge in [0.25, 0.3) is 0 Å². The maximum atomic E-state index is 11.3. The Morgan fingerprint density at radius 3 is 2.61 bits per heavy atom. The largest absolute Gasteiger partial charge is 0.496 e. The highest BCUT2D eigenvalue weighted by Crippen LogP contribution is 2.29. The van der Waals surface area contributed by atoms with Gasteiger partial charge in [-0.25, -0.2) is 0 Å². The fourth-order valence-corrected chi connectivity index (χ4v) is 2.13. The molecule has 0 aliphatic heterocycles. The molecule has 5 heteroatoms. The Balaban J connectivity index is 3.10. The average molecular weight is 317 g/mol. The fraction of sp³-hybridized carbons (Fsp3) is 0.462. The van der Waals surface area contributed by atoms with Crippen LogP contribution in [0.15, 0.2) is 18.2 Å². The zero-order valence-electron chi connectivity index (χ0n) is 10.4. The zero-order chi connectivity index (χ0) is 13.7. The second-order valence-corrected chi connectivity index (χ2v) is 4.80. The van der Waals surface area contributed by atoms with Crippen LogP contribution in [0.25, 0.3) is 0 Å². The van der Waals surface area contributed by atoms with E-state index in [4.69, 9.17) is 4.74 Å². The van der Waals surface area contributed by atoms with E-state index in [9.17, 15) is 15.0 Å². The van der Waals surface area contributed by atoms with Crippen molar-refractivity contribution in [2.45, 2.75) is 25.6 Å². The van der Waals surface area contributed by atoms with E-state index < -0.39 is 12.2 Å². The van der Waals surface area contributed by atoms with Gasteiger partial charge < -0.3 is 14.9 Å². The van der Waals surface area contributed by atoms with Gasteiger partial charge in [-0.15, -0.1) is 0 Å². The quantitative estimate of drug-likeness (QED) is 0.623. The van der Waals surface area contributed by atoms with Crippen LogP contribution in [0.2, 0.25) is 0 Å². The number of alkyl halides is 1. The Kier molecular flexibility index (Phi) is 5.78. The number of carbonyl (C=O) groups excluding carboxylic acids is 1. The summed E-state index contributed by atoms with van der Waals surface area (Å²) in [5.41, 5.74) is 0.912. The molecule has 0 saturated heterocycles. The van der Waals surface area contributed by atoms with Crippen LogP contribution in [-0.2, 0) is 0 Å². The molecule has 100 valence electrons. The second kappa shape index (κ2) is 6.87. The molecule has 1 aromatic rings. The van der Waals surface area contributed by atoms with Gasteiger partial charge in [0.2, 0.25) is 0 Å². The molecule has 0 amide bonds. The summed E-state index contributed by atoms with van der Waals surface area (Å²) in [7, 11) is 1.48. The summed E-state index contributed by atoms with van der Waals surface area (Å²) in [5.74, 6) is 0.363. The molecule has 0 heterocycles. The minimum Gasteiger partial charge on any atom is -0.496 e. The van der Waals surface area contributed by atoms with Crippen molar-refractivity contribution < 1.29 is 19.7 Å². The number of hydrogen-bond donors (Lipinski definition) is 2. The van der Waals surface area contributed by atoms with E-state index in [2.05, 4.69) is 15.9 Å². The maximum absolute atomic E-state index is 11.3. The number of Topliss-reactive ketones (excluding diaryl/α,β-unsaturated/α-hetero) is 1. The third kappa shape index (κ3) is 3.54. The zero-order valence-corrected chi connectivity index (χ0v) is 12.0. The lowest BCUT2D eigenvalue weighted by Gasteiger charge is -2.20. The molecule has 0 aliphatic rings. The first-order valence-corrected chi connectivity index (χ1v) is 6.74. The topological polar surface area (TPSA) is 66.8 Å². The predicted octanol–water partition coefficient (Wildman–Crippen LogP) is 2.08. The number of aliphatic hydroxyl groups is 2. The minimum absolute atomic E-state index is 0.0962. The summed E-state index contributed by atoms with van der Waals surface area (Å²) in [6.07, 6.45) is -1.56. The Morgan fingerprint density at radius 1 is 1.44 bits per heavy atom. The van der Waals surface area contributed by atoms with E-state index in [0.29, 0.717) is 28.6 Å². The molecular weight excluding hydrogens is 300 g/mol. The summed E-state index contributed by atoms with van der Waals surface area (Å²) >= 11 is 3.21. The Bertz CT molecular complexity index is 419. The van der Waals surface area contributed by atoms with E-state index in [-0.39, 0.29) is 5.78 Å². The standard InChI is InChI=1S/C13H17BrO4/c1-8(15)9-3-4-12(18-2)10(7-9)13(17)11(16)5-6-14/h3-4,7,11,13,16-17H,5-6H2,1-2H3. The van der Waals surface area contributed by atoms with Crippen LogP contribution in [0.3, 0.4) is 0 Å². The van der Waals surface area contributed by atoms with Crippen molar-refractivity contribution in [1.29, 1.82) is 0 Å². The lowest BCUT2D eigenvalue weighted by molar-refractivity contribution is 0.0160. The number of methoxy groups -OCH3 is 1. The molecule has 18 heavy (non-hydrogen) atoms. The summed E-state index contributed by atoms with van der Waals surface area (Å²) in [6.45, 7) is 1.45. The van der Waals surface area contributed by atoms with Crippen LogP contribution in [-0.4, -0.2) is 34.5 Å². The van der Waals surface area contributed by atoms with Gasteiger partial charge in [-0.3, -0.25) is 4.79 Å². The van der Waals surface area contributed by atoms with Gasteiger partial charge in [0.1, 0.15) is 11.9 Å². The number of aliphatic hydroxyl groups excluding tert-OH is 2. The molecule has 4 nitrogen and oxygen atoms in total. The third-order valence-corrected chi connectivity index (χ3v) is 3.18. The highest BCUT2D eigenvalue weighted by atomic mass is 79.9. The van der Waals surface area contributed by atoms with Crippen molar-refractivity contribution in [3.05, 3.63) is 29.3 Å². The number of rotatable bonds is 6. The molecule has 2 unspecified atom stereocenters. The molecule has 2 atom stereocenters. The van der Waals surface area contributed by atoms with Crippen LogP contribution < -0.4 is 4.74 Å². The smallest absolute Gasteiger partial charge is 0.159 e. The van der Waals surface area contributed by atoms with E-state index in [0.717, 1.165) is 0 Å². The summed E-state index contributed by atoms with van der Waals surface area (Å²) in [6, 6.07) is 4.81. The third-order valence-electron chi connectivity index (χ3n) is 2.72. The van der Waals surface area contributed by atoms with Gasteiger partial charge in [-0.2, -0.15) is 0 Å². The molecule has 0 spiro atoms. The highest BCUT2D eigenvalue weighted by molar-refractivity contribution is 9.09. The van der Waals surface area contributed by atoms with Crippen molar-refractivity contribution in [1.82, 2.24) is 0 Å². The maximum Gasteiger partial charge on any atom is 0.159 e. The second-order valence-electron chi connectivity index (χ2n) is 4.00. The minimum atomic E-state index is -1.07. The number of halogens is 1. The molecule has 1 rings (SSSR count). The first-order valence-electron chi connectivity index (χ1n) is 5.62. The first kappa shape index (κ1) is 15.1. The van der Waals surface area contributed by atoms with Crippen LogP contribution in [0.5, 0.6) is 5.75 Å². The summed E-state index contributed by atoms with van der Waals surface area (Å²) in [4.78, 5) is 11.3. The van der Waals surface area contributed by atoms with Crippen molar-refractivity contribution in [3.63, 3.8) is 0 Å². The summed E-state index contributed by atoms with van der Waals surface area (Å²) < 4.78 is 5.14. The molecule has 2 N–H and O–H groups in total. The lowest BCUT2D eigenvalue weighted by Crippen LogP contribution is -2.19. The van der Waals surface area contributed by atoms with Gasteiger partial charge >= 0.3 is 0 Å². The molecular formula is C13H17BrO4. The van der Waals surface area contributed by atoms with E-state index in [1.807, 2.05) is 0 Å². The molecule has 0 saturated carbocycles. The van der Waals surface area contributed by atoms with Crippen molar-refractivity contribution in [3.8, 4) is 5.75 Å². The van der Waals surface area contributed by atoms with Crippen molar-refractivity contribution >= 4 is 21.7 Å². The normalized spacial score (nSPS) is 14.1. The number of benzene rings is 1. The van der Waals surface area contributed by atoms with Gasteiger partial charge in [-0.1, -0.05) is 15.9 Å². The van der Waals surface area contributed by atoms with Gasteiger partial charge in [0.05, 0.1) is 13.2 Å². The fourth-order valence-electron chi connectivity index (χ4n) is 1.66. The number of carbonyl (C=O) groups is 1. The first-order chi connectivity index (χ1) is 8.51. The van der Waals surface area contributed by atoms with E-state index in [1.165, 1.54) is 14.0 Å². The van der Waals surface area contributed by atoms with Crippen LogP contribution in [0.1, 0.15) is 35.4 Å². The number of ketones is 1. The van der Waals surface area contributed by atoms with Crippen LogP contribution in [0.4, 0.5) is 0 Å². The molecule has 0 aliphatic carbocycles. The van der Waals surface area contributed by atoms with Gasteiger partial charge in [0, 0.05) is 16.5 Å². The Morgan fingerprint density at radius 2 is 2.11 bits per heavy atom. The average Bonchev–Trinajstić information content (AvgIpc) is 2.37. The Hall–Kier alpha value is -0.910. The molecule has 0 bridgehead atoms. The lowest BCUT2D eigenvalue weighted by atomic mass is 9.98. The number of hydrogen-bond acceptors (Lipinski definition) is 4. The van der Waals surface area contributed by atoms with Crippen molar-refractivity contribution in [2.24, 2.45) is 0 Å². The van der Waals surface area contributed by atoms with E-state index in [1.54, 1.807) is 18.2 Å². The van der Waals surface area contributed by atoms with Gasteiger partial charge in [-0.05, 0) is 31.5 Å². The highest BCUT2D eigenvalue weighted by Gasteiger charge is 2.22. The SMILES string of the molecule is COc1ccc(C(C)=O)cc1C(O)C(O)CCBr. The monoisotopic (exact) mass is 316 g/mol. The molecule has 0 aromatic heterocycles. The molecule has 1 aromatic carbocycles. The predicted molar refractivity (Wildman–Crippen MR) is 72.4 cm³/mol. The Labute approximate surface area is 115 Å². The van der Waals surface area contributed by atoms with Crippen LogP contribution >= 0.6 is 15.9 Å². The van der Waals surface area contributed by atoms with Crippen LogP contribution in [0, 0.1) is 0 Å². The van der Waals surface area contributed by atoms with Crippen molar-refractivity contribution in [2.75, 3.05) is 12.4 Å². The molecule has 0 fully saturated rings.